The number of para-hydroxylation sites is 1. The highest BCUT2D eigenvalue weighted by molar-refractivity contribution is 9.10. The number of phenolic OH excluding ortho intramolecular Hbond substituents is 1. The van der Waals surface area contributed by atoms with Crippen molar-refractivity contribution in [3.63, 3.8) is 0 Å². The average molecular weight is 353 g/mol. The maximum atomic E-state index is 13.5. The molecule has 108 valence electrons. The lowest BCUT2D eigenvalue weighted by atomic mass is 10.2. The smallest absolute Gasteiger partial charge is 0.273 e. The average Bonchev–Trinajstić information content (AvgIpc) is 2.47. The normalized spacial score (nSPS) is 10.0. The molecule has 0 bridgehead atoms. The van der Waals surface area contributed by atoms with Crippen LogP contribution >= 0.6 is 15.9 Å². The van der Waals surface area contributed by atoms with Gasteiger partial charge in [0.2, 0.25) is 0 Å². The van der Waals surface area contributed by atoms with Crippen LogP contribution in [0.2, 0.25) is 0 Å². The molecule has 2 amide bonds. The Balaban J connectivity index is 2.06. The first-order chi connectivity index (χ1) is 9.99. The second-order valence-corrected chi connectivity index (χ2v) is 4.97. The van der Waals surface area contributed by atoms with Crippen LogP contribution in [0.4, 0.5) is 4.39 Å². The summed E-state index contributed by atoms with van der Waals surface area (Å²) in [5.41, 5.74) is 3.96. The number of aromatic hydroxyl groups is 1. The molecule has 5 nitrogen and oxygen atoms in total. The van der Waals surface area contributed by atoms with Crippen LogP contribution in [-0.4, -0.2) is 16.9 Å². The maximum Gasteiger partial charge on any atom is 0.273 e. The van der Waals surface area contributed by atoms with E-state index in [0.29, 0.717) is 4.47 Å². The molecule has 0 unspecified atom stereocenters. The lowest BCUT2D eigenvalue weighted by Crippen LogP contribution is -2.42. The first kappa shape index (κ1) is 15.0. The molecule has 2 rings (SSSR count). The summed E-state index contributed by atoms with van der Waals surface area (Å²) in [4.78, 5) is 23.6. The molecule has 0 aliphatic heterocycles. The van der Waals surface area contributed by atoms with E-state index in [1.54, 1.807) is 12.1 Å². The van der Waals surface area contributed by atoms with Crippen LogP contribution in [-0.2, 0) is 0 Å². The van der Waals surface area contributed by atoms with Crippen LogP contribution < -0.4 is 10.9 Å². The Hall–Kier alpha value is -2.41. The van der Waals surface area contributed by atoms with Crippen LogP contribution in [0, 0.1) is 5.82 Å². The summed E-state index contributed by atoms with van der Waals surface area (Å²) in [5, 5.41) is 9.50. The molecule has 0 aromatic heterocycles. The zero-order valence-corrected chi connectivity index (χ0v) is 12.1. The Morgan fingerprint density at radius 2 is 1.62 bits per heavy atom. The minimum absolute atomic E-state index is 0.00693. The van der Waals surface area contributed by atoms with Gasteiger partial charge in [-0.25, -0.2) is 4.39 Å². The van der Waals surface area contributed by atoms with Gasteiger partial charge >= 0.3 is 0 Å². The van der Waals surface area contributed by atoms with E-state index in [-0.39, 0.29) is 16.9 Å². The van der Waals surface area contributed by atoms with E-state index in [1.165, 1.54) is 24.3 Å². The molecule has 0 spiro atoms. The van der Waals surface area contributed by atoms with E-state index in [1.807, 2.05) is 0 Å². The minimum Gasteiger partial charge on any atom is -0.507 e. The van der Waals surface area contributed by atoms with Gasteiger partial charge in [0.15, 0.2) is 0 Å². The quantitative estimate of drug-likeness (QED) is 0.726. The predicted octanol–water partition coefficient (Wildman–Crippen LogP) is 2.37. The number of rotatable bonds is 2. The third kappa shape index (κ3) is 3.57. The summed E-state index contributed by atoms with van der Waals surface area (Å²) in [5.74, 6) is -2.46. The molecule has 0 fully saturated rings. The van der Waals surface area contributed by atoms with Crippen molar-refractivity contribution >= 4 is 27.7 Å². The molecule has 3 N–H and O–H groups in total. The molecular weight excluding hydrogens is 343 g/mol. The van der Waals surface area contributed by atoms with Crippen LogP contribution in [0.5, 0.6) is 5.75 Å². The lowest BCUT2D eigenvalue weighted by molar-refractivity contribution is 0.0842. The number of phenols is 1. The van der Waals surface area contributed by atoms with Crippen LogP contribution in [0.1, 0.15) is 20.7 Å². The Kier molecular flexibility index (Phi) is 4.54. The third-order valence-corrected chi connectivity index (χ3v) is 3.10. The van der Waals surface area contributed by atoms with Gasteiger partial charge in [0, 0.05) is 4.47 Å². The molecular formula is C14H10BrFN2O3. The first-order valence-electron chi connectivity index (χ1n) is 5.83. The number of hydrogen-bond donors (Lipinski definition) is 3. The van der Waals surface area contributed by atoms with Gasteiger partial charge in [-0.05, 0) is 30.3 Å². The second kappa shape index (κ2) is 6.36. The van der Waals surface area contributed by atoms with E-state index < -0.39 is 17.6 Å². The molecule has 0 atom stereocenters. The van der Waals surface area contributed by atoms with Gasteiger partial charge in [-0.15, -0.1) is 0 Å². The monoisotopic (exact) mass is 352 g/mol. The summed E-state index contributed by atoms with van der Waals surface area (Å²) < 4.78 is 14.0. The Morgan fingerprint density at radius 3 is 2.29 bits per heavy atom. The summed E-state index contributed by atoms with van der Waals surface area (Å²) in [6.07, 6.45) is 0. The molecule has 21 heavy (non-hydrogen) atoms. The number of carbonyl (C=O) groups is 2. The maximum absolute atomic E-state index is 13.5. The number of halogens is 2. The lowest BCUT2D eigenvalue weighted by Gasteiger charge is -2.09. The number of hydrogen-bond acceptors (Lipinski definition) is 3. The fourth-order valence-corrected chi connectivity index (χ4v) is 1.95. The van der Waals surface area contributed by atoms with Crippen molar-refractivity contribution in [2.45, 2.75) is 0 Å². The fraction of sp³-hybridized carbons (Fsp3) is 0. The topological polar surface area (TPSA) is 78.4 Å². The molecule has 0 heterocycles. The van der Waals surface area contributed by atoms with Gasteiger partial charge in [0.25, 0.3) is 11.8 Å². The highest BCUT2D eigenvalue weighted by Crippen LogP contribution is 2.16. The van der Waals surface area contributed by atoms with Crippen LogP contribution in [0.3, 0.4) is 0 Å². The number of benzene rings is 2. The molecule has 2 aromatic rings. The first-order valence-corrected chi connectivity index (χ1v) is 6.62. The van der Waals surface area contributed by atoms with E-state index in [4.69, 9.17) is 0 Å². The highest BCUT2D eigenvalue weighted by Gasteiger charge is 2.15. The fourth-order valence-electron chi connectivity index (χ4n) is 1.59. The Morgan fingerprint density at radius 1 is 1.00 bits per heavy atom. The van der Waals surface area contributed by atoms with E-state index in [2.05, 4.69) is 26.8 Å². The number of hydrazine groups is 1. The van der Waals surface area contributed by atoms with Crippen molar-refractivity contribution in [3.8, 4) is 5.75 Å². The molecule has 0 saturated heterocycles. The van der Waals surface area contributed by atoms with Gasteiger partial charge in [-0.3, -0.25) is 20.4 Å². The van der Waals surface area contributed by atoms with Crippen molar-refractivity contribution < 1.29 is 19.1 Å². The zero-order chi connectivity index (χ0) is 15.4. The summed E-state index contributed by atoms with van der Waals surface area (Å²) >= 11 is 3.12. The Bertz CT molecular complexity index is 706. The molecule has 0 aliphatic rings. The number of carbonyl (C=O) groups excluding carboxylic acids is 2. The van der Waals surface area contributed by atoms with E-state index in [9.17, 15) is 19.1 Å². The van der Waals surface area contributed by atoms with Crippen molar-refractivity contribution in [2.24, 2.45) is 0 Å². The summed E-state index contributed by atoms with van der Waals surface area (Å²) in [6.45, 7) is 0. The summed E-state index contributed by atoms with van der Waals surface area (Å²) in [6, 6.07) is 9.71. The molecule has 0 saturated carbocycles. The minimum atomic E-state index is -0.808. The zero-order valence-electron chi connectivity index (χ0n) is 10.6. The molecule has 0 radical (unpaired) electrons. The van der Waals surface area contributed by atoms with Crippen molar-refractivity contribution in [3.05, 3.63) is 63.9 Å². The largest absolute Gasteiger partial charge is 0.507 e. The third-order valence-electron chi connectivity index (χ3n) is 2.61. The van der Waals surface area contributed by atoms with Crippen molar-refractivity contribution in [2.75, 3.05) is 0 Å². The highest BCUT2D eigenvalue weighted by atomic mass is 79.9. The molecule has 7 heteroatoms. The van der Waals surface area contributed by atoms with Crippen molar-refractivity contribution in [1.82, 2.24) is 10.9 Å². The molecule has 2 aromatic carbocycles. The molecule has 0 aliphatic carbocycles. The second-order valence-electron chi connectivity index (χ2n) is 4.05. The predicted molar refractivity (Wildman–Crippen MR) is 77.1 cm³/mol. The van der Waals surface area contributed by atoms with Crippen LogP contribution in [0.25, 0.3) is 0 Å². The van der Waals surface area contributed by atoms with Crippen molar-refractivity contribution in [1.29, 1.82) is 0 Å². The van der Waals surface area contributed by atoms with E-state index >= 15 is 0 Å². The number of amides is 2. The van der Waals surface area contributed by atoms with Gasteiger partial charge in [-0.2, -0.15) is 0 Å². The number of nitrogens with one attached hydrogen (secondary N) is 2. The standard InChI is InChI=1S/C14H10BrFN2O3/c15-8-5-6-11(16)10(7-8)14(21)18-17-13(20)9-3-1-2-4-12(9)19/h1-7,19H,(H,17,20)(H,18,21). The Labute approximate surface area is 127 Å². The van der Waals surface area contributed by atoms with Gasteiger partial charge < -0.3 is 5.11 Å². The summed E-state index contributed by atoms with van der Waals surface area (Å²) in [7, 11) is 0. The van der Waals surface area contributed by atoms with E-state index in [0.717, 1.165) is 6.07 Å². The van der Waals surface area contributed by atoms with Gasteiger partial charge in [-0.1, -0.05) is 28.1 Å². The SMILES string of the molecule is O=C(NNC(=O)c1cc(Br)ccc1F)c1ccccc1O. The van der Waals surface area contributed by atoms with Gasteiger partial charge in [0.1, 0.15) is 11.6 Å². The van der Waals surface area contributed by atoms with Gasteiger partial charge in [0.05, 0.1) is 11.1 Å². The van der Waals surface area contributed by atoms with Crippen LogP contribution in [0.15, 0.2) is 46.9 Å².